The van der Waals surface area contributed by atoms with Crippen LogP contribution in [0.1, 0.15) is 40.8 Å². The maximum Gasteiger partial charge on any atom is 0.287 e. The lowest BCUT2D eigenvalue weighted by atomic mass is 10.0. The number of sulfone groups is 1. The van der Waals surface area contributed by atoms with Crippen molar-refractivity contribution in [2.45, 2.75) is 30.7 Å². The van der Waals surface area contributed by atoms with Crippen LogP contribution in [0, 0.1) is 12.8 Å². The van der Waals surface area contributed by atoms with Gasteiger partial charge in [0.05, 0.1) is 6.04 Å². The van der Waals surface area contributed by atoms with Gasteiger partial charge in [-0.05, 0) is 43.4 Å². The predicted octanol–water partition coefficient (Wildman–Crippen LogP) is 2.27. The number of amides is 1. The van der Waals surface area contributed by atoms with E-state index in [1.54, 1.807) is 12.4 Å². The van der Waals surface area contributed by atoms with E-state index in [-0.39, 0.29) is 22.5 Å². The zero-order valence-corrected chi connectivity index (χ0v) is 13.8. The minimum Gasteiger partial charge on any atom is -0.455 e. The van der Waals surface area contributed by atoms with Gasteiger partial charge < -0.3 is 9.73 Å². The summed E-state index contributed by atoms with van der Waals surface area (Å²) in [6, 6.07) is 4.92. The Hall–Kier alpha value is -2.15. The molecule has 1 fully saturated rings. The van der Waals surface area contributed by atoms with Crippen molar-refractivity contribution in [2.75, 3.05) is 6.26 Å². The molecule has 23 heavy (non-hydrogen) atoms. The van der Waals surface area contributed by atoms with Crippen LogP contribution >= 0.6 is 0 Å². The number of rotatable bonds is 5. The van der Waals surface area contributed by atoms with Crippen molar-refractivity contribution in [3.63, 3.8) is 0 Å². The van der Waals surface area contributed by atoms with E-state index in [1.807, 2.05) is 12.1 Å². The van der Waals surface area contributed by atoms with Crippen LogP contribution in [-0.2, 0) is 9.84 Å². The molecule has 3 rings (SSSR count). The van der Waals surface area contributed by atoms with E-state index >= 15 is 0 Å². The number of aromatic nitrogens is 1. The first kappa shape index (κ1) is 15.7. The Morgan fingerprint density at radius 2 is 2.00 bits per heavy atom. The summed E-state index contributed by atoms with van der Waals surface area (Å²) in [5, 5.41) is 2.95. The molecule has 0 aromatic carbocycles. The topological polar surface area (TPSA) is 89.3 Å². The summed E-state index contributed by atoms with van der Waals surface area (Å²) in [6.07, 6.45) is 6.58. The molecule has 1 amide bonds. The van der Waals surface area contributed by atoms with Gasteiger partial charge in [-0.2, -0.15) is 0 Å². The molecule has 2 aromatic heterocycles. The zero-order valence-electron chi connectivity index (χ0n) is 12.9. The van der Waals surface area contributed by atoms with Crippen molar-refractivity contribution in [1.29, 1.82) is 0 Å². The molecule has 1 atom stereocenters. The first-order chi connectivity index (χ1) is 10.9. The molecule has 1 unspecified atom stereocenters. The molecule has 1 saturated carbocycles. The molecular formula is C16H18N2O4S. The van der Waals surface area contributed by atoms with E-state index in [0.717, 1.165) is 24.7 Å². The number of furan rings is 1. The molecule has 6 nitrogen and oxygen atoms in total. The highest BCUT2D eigenvalue weighted by molar-refractivity contribution is 7.90. The van der Waals surface area contributed by atoms with Crippen LogP contribution in [0.15, 0.2) is 39.9 Å². The average molecular weight is 334 g/mol. The summed E-state index contributed by atoms with van der Waals surface area (Å²) in [6.45, 7) is 1.54. The largest absolute Gasteiger partial charge is 0.455 e. The third kappa shape index (κ3) is 3.44. The molecule has 1 aliphatic carbocycles. The summed E-state index contributed by atoms with van der Waals surface area (Å²) < 4.78 is 28.6. The van der Waals surface area contributed by atoms with E-state index < -0.39 is 15.7 Å². The number of carbonyl (C=O) groups excluding carboxylic acids is 1. The summed E-state index contributed by atoms with van der Waals surface area (Å²) >= 11 is 0. The molecule has 0 spiro atoms. The van der Waals surface area contributed by atoms with Crippen molar-refractivity contribution in [3.05, 3.63) is 47.7 Å². The second-order valence-electron chi connectivity index (χ2n) is 5.87. The van der Waals surface area contributed by atoms with Crippen LogP contribution in [-0.4, -0.2) is 25.6 Å². The van der Waals surface area contributed by atoms with Crippen molar-refractivity contribution in [1.82, 2.24) is 10.3 Å². The van der Waals surface area contributed by atoms with E-state index in [2.05, 4.69) is 10.3 Å². The molecule has 7 heteroatoms. The SMILES string of the molecule is Cc1oc(C(=O)NC(c2ccncc2)C2CC2)cc1S(C)(=O)=O. The smallest absolute Gasteiger partial charge is 0.287 e. The van der Waals surface area contributed by atoms with Crippen molar-refractivity contribution in [2.24, 2.45) is 5.92 Å². The minimum absolute atomic E-state index is 0.0163. The summed E-state index contributed by atoms with van der Waals surface area (Å²) in [4.78, 5) is 16.5. The molecule has 122 valence electrons. The Morgan fingerprint density at radius 3 is 2.52 bits per heavy atom. The van der Waals surface area contributed by atoms with E-state index in [1.165, 1.54) is 13.0 Å². The fourth-order valence-corrected chi connectivity index (χ4v) is 3.52. The summed E-state index contributed by atoms with van der Waals surface area (Å²) in [7, 11) is -3.41. The highest BCUT2D eigenvalue weighted by atomic mass is 32.2. The van der Waals surface area contributed by atoms with Crippen LogP contribution < -0.4 is 5.32 Å². The number of nitrogens with zero attached hydrogens (tertiary/aromatic N) is 1. The van der Waals surface area contributed by atoms with Crippen LogP contribution in [0.5, 0.6) is 0 Å². The Morgan fingerprint density at radius 1 is 1.35 bits per heavy atom. The first-order valence-corrected chi connectivity index (χ1v) is 9.26. The van der Waals surface area contributed by atoms with Gasteiger partial charge in [-0.3, -0.25) is 9.78 Å². The number of nitrogens with one attached hydrogen (secondary N) is 1. The Kier molecular flexibility index (Phi) is 3.97. The van der Waals surface area contributed by atoms with Gasteiger partial charge in [0.2, 0.25) is 0 Å². The maximum absolute atomic E-state index is 12.4. The lowest BCUT2D eigenvalue weighted by Crippen LogP contribution is -2.29. The molecule has 0 saturated heterocycles. The fraction of sp³-hybridized carbons (Fsp3) is 0.375. The minimum atomic E-state index is -3.41. The van der Waals surface area contributed by atoms with Gasteiger partial charge in [0.1, 0.15) is 10.7 Å². The number of hydrogen-bond acceptors (Lipinski definition) is 5. The molecule has 0 bridgehead atoms. The monoisotopic (exact) mass is 334 g/mol. The van der Waals surface area contributed by atoms with Crippen LogP contribution in [0.25, 0.3) is 0 Å². The van der Waals surface area contributed by atoms with Gasteiger partial charge in [-0.25, -0.2) is 8.42 Å². The normalized spacial score (nSPS) is 16.1. The number of hydrogen-bond donors (Lipinski definition) is 1. The number of pyridine rings is 1. The van der Waals surface area contributed by atoms with Gasteiger partial charge in [0.15, 0.2) is 15.6 Å². The molecule has 0 radical (unpaired) electrons. The van der Waals surface area contributed by atoms with E-state index in [9.17, 15) is 13.2 Å². The van der Waals surface area contributed by atoms with Crippen molar-refractivity contribution in [3.8, 4) is 0 Å². The van der Waals surface area contributed by atoms with Gasteiger partial charge in [-0.15, -0.1) is 0 Å². The quantitative estimate of drug-likeness (QED) is 0.906. The molecule has 1 N–H and O–H groups in total. The Labute approximate surface area is 134 Å². The van der Waals surface area contributed by atoms with Gasteiger partial charge in [0.25, 0.3) is 5.91 Å². The lowest BCUT2D eigenvalue weighted by Gasteiger charge is -2.17. The summed E-state index contributed by atoms with van der Waals surface area (Å²) in [5.74, 6) is 0.232. The third-order valence-electron chi connectivity index (χ3n) is 3.94. The van der Waals surface area contributed by atoms with Crippen LogP contribution in [0.3, 0.4) is 0 Å². The first-order valence-electron chi connectivity index (χ1n) is 7.37. The highest BCUT2D eigenvalue weighted by Gasteiger charge is 2.34. The Balaban J connectivity index is 1.83. The zero-order chi connectivity index (χ0) is 16.6. The van der Waals surface area contributed by atoms with Crippen LogP contribution in [0.2, 0.25) is 0 Å². The molecule has 2 aromatic rings. The lowest BCUT2D eigenvalue weighted by molar-refractivity contribution is 0.0902. The summed E-state index contributed by atoms with van der Waals surface area (Å²) in [5.41, 5.74) is 0.988. The third-order valence-corrected chi connectivity index (χ3v) is 5.14. The van der Waals surface area contributed by atoms with Crippen LogP contribution in [0.4, 0.5) is 0 Å². The standard InChI is InChI=1S/C16H18N2O4S/c1-10-14(23(2,20)21)9-13(22-10)16(19)18-15(11-3-4-11)12-5-7-17-8-6-12/h5-9,11,15H,3-4H2,1-2H3,(H,18,19). The highest BCUT2D eigenvalue weighted by Crippen LogP contribution is 2.41. The number of carbonyl (C=O) groups is 1. The van der Waals surface area contributed by atoms with Crippen molar-refractivity contribution >= 4 is 15.7 Å². The molecule has 1 aliphatic rings. The Bertz CT molecular complexity index is 823. The second kappa shape index (κ2) is 5.81. The average Bonchev–Trinajstić information content (AvgIpc) is 3.25. The van der Waals surface area contributed by atoms with E-state index in [4.69, 9.17) is 4.42 Å². The maximum atomic E-state index is 12.4. The molecule has 2 heterocycles. The fourth-order valence-electron chi connectivity index (χ4n) is 2.63. The van der Waals surface area contributed by atoms with Crippen molar-refractivity contribution < 1.29 is 17.6 Å². The molecular weight excluding hydrogens is 316 g/mol. The van der Waals surface area contributed by atoms with Gasteiger partial charge >= 0.3 is 0 Å². The second-order valence-corrected chi connectivity index (χ2v) is 7.86. The molecule has 0 aliphatic heterocycles. The predicted molar refractivity (Wildman–Crippen MR) is 83.7 cm³/mol. The van der Waals surface area contributed by atoms with Gasteiger partial charge in [-0.1, -0.05) is 0 Å². The number of aryl methyl sites for hydroxylation is 1. The van der Waals surface area contributed by atoms with E-state index in [0.29, 0.717) is 5.92 Å². The van der Waals surface area contributed by atoms with Gasteiger partial charge in [0, 0.05) is 24.7 Å².